The van der Waals surface area contributed by atoms with E-state index in [1.807, 2.05) is 25.4 Å². The van der Waals surface area contributed by atoms with Crippen LogP contribution < -0.4 is 11.1 Å². The minimum atomic E-state index is 0. The maximum absolute atomic E-state index is 5.67. The van der Waals surface area contributed by atoms with Gasteiger partial charge in [-0.1, -0.05) is 11.8 Å². The molecule has 98 valence electrons. The minimum absolute atomic E-state index is 0. The zero-order valence-electron chi connectivity index (χ0n) is 10.0. The summed E-state index contributed by atoms with van der Waals surface area (Å²) in [5.41, 5.74) is 5.67. The topological polar surface area (TPSA) is 63.3 Å². The van der Waals surface area contributed by atoms with Crippen molar-refractivity contribution in [1.29, 1.82) is 0 Å². The van der Waals surface area contributed by atoms with Gasteiger partial charge in [-0.2, -0.15) is 0 Å². The van der Waals surface area contributed by atoms with E-state index in [0.29, 0.717) is 12.0 Å². The number of guanidine groups is 1. The number of hydrogen-bond acceptors (Lipinski definition) is 4. The van der Waals surface area contributed by atoms with E-state index in [-0.39, 0.29) is 24.0 Å². The van der Waals surface area contributed by atoms with Gasteiger partial charge in [0.1, 0.15) is 4.34 Å². The summed E-state index contributed by atoms with van der Waals surface area (Å²) in [7, 11) is 0. The molecule has 0 saturated carbocycles. The van der Waals surface area contributed by atoms with E-state index < -0.39 is 0 Å². The van der Waals surface area contributed by atoms with E-state index >= 15 is 0 Å². The molecule has 0 spiro atoms. The lowest BCUT2D eigenvalue weighted by Gasteiger charge is -2.07. The molecule has 0 bridgehead atoms. The normalized spacial score (nSPS) is 11.4. The van der Waals surface area contributed by atoms with Gasteiger partial charge in [0.2, 0.25) is 0 Å². The van der Waals surface area contributed by atoms with Crippen LogP contribution in [0.15, 0.2) is 20.9 Å². The first-order valence-electron chi connectivity index (χ1n) is 5.27. The number of aliphatic imine (C=N–C) groups is 1. The molecule has 0 saturated heterocycles. The van der Waals surface area contributed by atoms with Crippen molar-refractivity contribution in [2.45, 2.75) is 30.6 Å². The number of nitrogens with two attached hydrogens (primary N) is 1. The standard InChI is InChI=1S/C10H18N4S2.HI/c1-8(2)14-9(11)12-4-3-6-15-10-13-5-7-16-10;/h5,7-8H,3-4,6H2,1-2H3,(H3,11,12,14);1H. The molecule has 0 aliphatic rings. The zero-order chi connectivity index (χ0) is 11.8. The Kier molecular flexibility index (Phi) is 9.94. The maximum atomic E-state index is 5.67. The van der Waals surface area contributed by atoms with Crippen molar-refractivity contribution >= 4 is 53.0 Å². The molecule has 0 aliphatic heterocycles. The van der Waals surface area contributed by atoms with Crippen LogP contribution in [0.3, 0.4) is 0 Å². The van der Waals surface area contributed by atoms with Gasteiger partial charge in [0.15, 0.2) is 5.96 Å². The molecule has 0 aromatic carbocycles. The van der Waals surface area contributed by atoms with Crippen LogP contribution in [0.4, 0.5) is 0 Å². The number of nitrogens with zero attached hydrogens (tertiary/aromatic N) is 2. The Hall–Kier alpha value is -0.0200. The van der Waals surface area contributed by atoms with Crippen molar-refractivity contribution in [3.63, 3.8) is 0 Å². The van der Waals surface area contributed by atoms with Crippen molar-refractivity contribution in [1.82, 2.24) is 10.3 Å². The van der Waals surface area contributed by atoms with Gasteiger partial charge >= 0.3 is 0 Å². The zero-order valence-corrected chi connectivity index (χ0v) is 14.0. The number of rotatable bonds is 6. The number of thioether (sulfide) groups is 1. The predicted octanol–water partition coefficient (Wildman–Crippen LogP) is 2.56. The lowest BCUT2D eigenvalue weighted by Crippen LogP contribution is -2.36. The smallest absolute Gasteiger partial charge is 0.188 e. The molecule has 0 amide bonds. The third-order valence-electron chi connectivity index (χ3n) is 1.66. The molecule has 1 aromatic heterocycles. The van der Waals surface area contributed by atoms with E-state index in [0.717, 1.165) is 23.1 Å². The van der Waals surface area contributed by atoms with Crippen LogP contribution >= 0.6 is 47.1 Å². The molecule has 0 aliphatic carbocycles. The number of nitrogens with one attached hydrogen (secondary N) is 1. The van der Waals surface area contributed by atoms with Gasteiger partial charge in [0.05, 0.1) is 0 Å². The van der Waals surface area contributed by atoms with E-state index in [1.54, 1.807) is 23.1 Å². The summed E-state index contributed by atoms with van der Waals surface area (Å²) in [5, 5.41) is 5.05. The average Bonchev–Trinajstić information content (AvgIpc) is 2.68. The molecular weight excluding hydrogens is 367 g/mol. The molecule has 1 aromatic rings. The molecule has 0 radical (unpaired) electrons. The Labute approximate surface area is 128 Å². The van der Waals surface area contributed by atoms with Crippen molar-refractivity contribution < 1.29 is 0 Å². The first-order chi connectivity index (χ1) is 7.68. The maximum Gasteiger partial charge on any atom is 0.188 e. The first-order valence-corrected chi connectivity index (χ1v) is 7.13. The van der Waals surface area contributed by atoms with Gasteiger partial charge in [-0.25, -0.2) is 4.98 Å². The van der Waals surface area contributed by atoms with Crippen LogP contribution in [0, 0.1) is 0 Å². The Morgan fingerprint density at radius 3 is 3.00 bits per heavy atom. The molecule has 7 heteroatoms. The molecule has 0 atom stereocenters. The first kappa shape index (κ1) is 17.0. The monoisotopic (exact) mass is 386 g/mol. The second-order valence-electron chi connectivity index (χ2n) is 3.57. The van der Waals surface area contributed by atoms with Gasteiger partial charge in [-0.15, -0.1) is 35.3 Å². The fourth-order valence-electron chi connectivity index (χ4n) is 1.05. The lowest BCUT2D eigenvalue weighted by molar-refractivity contribution is 0.722. The van der Waals surface area contributed by atoms with Gasteiger partial charge in [0.25, 0.3) is 0 Å². The molecular formula is C10H19IN4S2. The van der Waals surface area contributed by atoms with Crippen LogP contribution in [0.25, 0.3) is 0 Å². The Bertz CT molecular complexity index is 314. The lowest BCUT2D eigenvalue weighted by atomic mass is 10.4. The molecule has 0 fully saturated rings. The Balaban J connectivity index is 0.00000256. The van der Waals surface area contributed by atoms with Crippen LogP contribution in [0.2, 0.25) is 0 Å². The van der Waals surface area contributed by atoms with E-state index in [4.69, 9.17) is 5.73 Å². The highest BCUT2D eigenvalue weighted by atomic mass is 127. The number of hydrogen-bond donors (Lipinski definition) is 2. The summed E-state index contributed by atoms with van der Waals surface area (Å²) >= 11 is 3.44. The highest BCUT2D eigenvalue weighted by molar-refractivity contribution is 14.0. The summed E-state index contributed by atoms with van der Waals surface area (Å²) in [6.45, 7) is 4.85. The van der Waals surface area contributed by atoms with Crippen LogP contribution in [-0.4, -0.2) is 29.3 Å². The number of aromatic nitrogens is 1. The quantitative estimate of drug-likeness (QED) is 0.259. The molecule has 3 N–H and O–H groups in total. The summed E-state index contributed by atoms with van der Waals surface area (Å²) in [6.07, 6.45) is 2.85. The minimum Gasteiger partial charge on any atom is -0.370 e. The number of halogens is 1. The van der Waals surface area contributed by atoms with Crippen LogP contribution in [-0.2, 0) is 0 Å². The SMILES string of the molecule is CC(C)NC(N)=NCCCSc1nccs1.I. The van der Waals surface area contributed by atoms with Crippen LogP contribution in [0.1, 0.15) is 20.3 Å². The van der Waals surface area contributed by atoms with Gasteiger partial charge in [-0.3, -0.25) is 4.99 Å². The van der Waals surface area contributed by atoms with Gasteiger partial charge < -0.3 is 11.1 Å². The summed E-state index contributed by atoms with van der Waals surface area (Å²) in [4.78, 5) is 8.43. The third kappa shape index (κ3) is 8.67. The fraction of sp³-hybridized carbons (Fsp3) is 0.600. The predicted molar refractivity (Wildman–Crippen MR) is 87.6 cm³/mol. The third-order valence-corrected chi connectivity index (χ3v) is 3.71. The largest absolute Gasteiger partial charge is 0.370 e. The van der Waals surface area contributed by atoms with Crippen molar-refractivity contribution in [2.24, 2.45) is 10.7 Å². The van der Waals surface area contributed by atoms with Gasteiger partial charge in [-0.05, 0) is 20.3 Å². The highest BCUT2D eigenvalue weighted by Crippen LogP contribution is 2.20. The fourth-order valence-corrected chi connectivity index (χ4v) is 2.68. The van der Waals surface area contributed by atoms with Crippen molar-refractivity contribution in [3.05, 3.63) is 11.6 Å². The van der Waals surface area contributed by atoms with E-state index in [2.05, 4.69) is 15.3 Å². The van der Waals surface area contributed by atoms with Gasteiger partial charge in [0, 0.05) is 29.9 Å². The molecule has 4 nitrogen and oxygen atoms in total. The van der Waals surface area contributed by atoms with E-state index in [9.17, 15) is 0 Å². The molecule has 1 heterocycles. The highest BCUT2D eigenvalue weighted by Gasteiger charge is 1.96. The second kappa shape index (κ2) is 9.95. The molecule has 1 rings (SSSR count). The average molecular weight is 386 g/mol. The molecule has 0 unspecified atom stereocenters. The summed E-state index contributed by atoms with van der Waals surface area (Å²) < 4.78 is 1.12. The molecule has 17 heavy (non-hydrogen) atoms. The van der Waals surface area contributed by atoms with Crippen molar-refractivity contribution in [2.75, 3.05) is 12.3 Å². The summed E-state index contributed by atoms with van der Waals surface area (Å²) in [5.74, 6) is 1.57. The Morgan fingerprint density at radius 2 is 2.41 bits per heavy atom. The summed E-state index contributed by atoms with van der Waals surface area (Å²) in [6, 6.07) is 0.341. The number of thiazole rings is 1. The second-order valence-corrected chi connectivity index (χ2v) is 5.80. The van der Waals surface area contributed by atoms with Crippen LogP contribution in [0.5, 0.6) is 0 Å². The van der Waals surface area contributed by atoms with E-state index in [1.165, 1.54) is 0 Å². The Morgan fingerprint density at radius 1 is 1.65 bits per heavy atom. The van der Waals surface area contributed by atoms with Crippen molar-refractivity contribution in [3.8, 4) is 0 Å².